The van der Waals surface area contributed by atoms with E-state index in [1.54, 1.807) is 38.3 Å². The number of rotatable bonds is 5. The van der Waals surface area contributed by atoms with Gasteiger partial charge < -0.3 is 14.8 Å². The number of benzene rings is 2. The molecule has 0 saturated carbocycles. The van der Waals surface area contributed by atoms with Gasteiger partial charge in [0.25, 0.3) is 0 Å². The molecule has 2 rings (SSSR count). The van der Waals surface area contributed by atoms with Crippen molar-refractivity contribution in [3.8, 4) is 5.75 Å². The van der Waals surface area contributed by atoms with E-state index in [9.17, 15) is 9.59 Å². The average molecular weight is 313 g/mol. The van der Waals surface area contributed by atoms with Gasteiger partial charge in [-0.05, 0) is 36.2 Å². The second-order valence-electron chi connectivity index (χ2n) is 5.07. The topological polar surface area (TPSA) is 64.6 Å². The van der Waals surface area contributed by atoms with Crippen LogP contribution in [0.4, 0.5) is 5.69 Å². The zero-order valence-electron chi connectivity index (χ0n) is 13.4. The number of methoxy groups -OCH3 is 2. The van der Waals surface area contributed by atoms with Gasteiger partial charge in [-0.15, -0.1) is 0 Å². The molecule has 120 valence electrons. The van der Waals surface area contributed by atoms with Crippen LogP contribution in [-0.4, -0.2) is 26.1 Å². The molecule has 0 radical (unpaired) electrons. The highest BCUT2D eigenvalue weighted by Crippen LogP contribution is 2.21. The predicted octanol–water partition coefficient (Wildman–Crippen LogP) is 2.97. The number of esters is 1. The Kier molecular flexibility index (Phi) is 5.36. The van der Waals surface area contributed by atoms with E-state index >= 15 is 0 Å². The van der Waals surface area contributed by atoms with Crippen LogP contribution < -0.4 is 10.1 Å². The summed E-state index contributed by atoms with van der Waals surface area (Å²) in [5.74, 6) is 0.00916. The molecule has 0 bridgehead atoms. The van der Waals surface area contributed by atoms with Crippen molar-refractivity contribution in [2.45, 2.75) is 13.3 Å². The lowest BCUT2D eigenvalue weighted by atomic mass is 10.1. The van der Waals surface area contributed by atoms with Crippen LogP contribution in [0, 0.1) is 6.92 Å². The first-order valence-corrected chi connectivity index (χ1v) is 7.16. The van der Waals surface area contributed by atoms with Gasteiger partial charge in [-0.2, -0.15) is 0 Å². The van der Waals surface area contributed by atoms with Crippen LogP contribution in [0.3, 0.4) is 0 Å². The second kappa shape index (κ2) is 7.45. The van der Waals surface area contributed by atoms with Gasteiger partial charge in [-0.3, -0.25) is 4.79 Å². The number of carbonyl (C=O) groups excluding carboxylic acids is 2. The summed E-state index contributed by atoms with van der Waals surface area (Å²) < 4.78 is 9.92. The molecule has 5 heteroatoms. The molecule has 23 heavy (non-hydrogen) atoms. The van der Waals surface area contributed by atoms with Gasteiger partial charge in [-0.1, -0.05) is 24.3 Å². The number of aryl methyl sites for hydroxylation is 1. The van der Waals surface area contributed by atoms with Crippen LogP contribution in [0.5, 0.6) is 5.75 Å². The third kappa shape index (κ3) is 4.10. The normalized spacial score (nSPS) is 10.0. The highest BCUT2D eigenvalue weighted by atomic mass is 16.5. The number of anilines is 1. The SMILES string of the molecule is COC(=O)c1c(C)cccc1NC(=O)Cc1cccc(OC)c1. The van der Waals surface area contributed by atoms with Crippen molar-refractivity contribution in [1.29, 1.82) is 0 Å². The molecule has 0 saturated heterocycles. The van der Waals surface area contributed by atoms with E-state index in [1.807, 2.05) is 18.2 Å². The lowest BCUT2D eigenvalue weighted by Gasteiger charge is -2.12. The first-order chi connectivity index (χ1) is 11.0. The van der Waals surface area contributed by atoms with Crippen molar-refractivity contribution in [2.24, 2.45) is 0 Å². The van der Waals surface area contributed by atoms with E-state index in [0.717, 1.165) is 11.1 Å². The lowest BCUT2D eigenvalue weighted by Crippen LogP contribution is -2.18. The summed E-state index contributed by atoms with van der Waals surface area (Å²) in [4.78, 5) is 24.1. The van der Waals surface area contributed by atoms with Gasteiger partial charge in [0.05, 0.1) is 31.9 Å². The Morgan fingerprint density at radius 1 is 1.09 bits per heavy atom. The molecule has 0 aromatic heterocycles. The molecule has 1 N–H and O–H groups in total. The Morgan fingerprint density at radius 3 is 2.52 bits per heavy atom. The number of hydrogen-bond donors (Lipinski definition) is 1. The number of hydrogen-bond acceptors (Lipinski definition) is 4. The van der Waals surface area contributed by atoms with E-state index in [2.05, 4.69) is 5.32 Å². The molecule has 0 aliphatic carbocycles. The minimum atomic E-state index is -0.472. The molecule has 0 fully saturated rings. The molecule has 5 nitrogen and oxygen atoms in total. The van der Waals surface area contributed by atoms with Gasteiger partial charge in [-0.25, -0.2) is 4.79 Å². The summed E-state index contributed by atoms with van der Waals surface area (Å²) in [6.07, 6.45) is 0.186. The molecular weight excluding hydrogens is 294 g/mol. The monoisotopic (exact) mass is 313 g/mol. The number of ether oxygens (including phenoxy) is 2. The third-order valence-corrected chi connectivity index (χ3v) is 3.44. The summed E-state index contributed by atoms with van der Waals surface area (Å²) in [6.45, 7) is 1.80. The second-order valence-corrected chi connectivity index (χ2v) is 5.07. The van der Waals surface area contributed by atoms with Gasteiger partial charge in [0.1, 0.15) is 5.75 Å². The van der Waals surface area contributed by atoms with Crippen molar-refractivity contribution < 1.29 is 19.1 Å². The molecular formula is C18H19NO4. The maximum absolute atomic E-state index is 12.3. The Morgan fingerprint density at radius 2 is 1.83 bits per heavy atom. The van der Waals surface area contributed by atoms with E-state index in [4.69, 9.17) is 9.47 Å². The first-order valence-electron chi connectivity index (χ1n) is 7.16. The standard InChI is InChI=1S/C18H19NO4/c1-12-6-4-9-15(17(12)18(21)23-3)19-16(20)11-13-7-5-8-14(10-13)22-2/h4-10H,11H2,1-3H3,(H,19,20). The summed E-state index contributed by atoms with van der Waals surface area (Å²) in [5.41, 5.74) is 2.39. The Hall–Kier alpha value is -2.82. The van der Waals surface area contributed by atoms with Gasteiger partial charge in [0.2, 0.25) is 5.91 Å². The van der Waals surface area contributed by atoms with E-state index in [-0.39, 0.29) is 12.3 Å². The molecule has 0 aliphatic rings. The Balaban J connectivity index is 2.17. The van der Waals surface area contributed by atoms with Crippen LogP contribution in [0.2, 0.25) is 0 Å². The summed E-state index contributed by atoms with van der Waals surface area (Å²) in [7, 11) is 2.89. The molecule has 2 aromatic rings. The average Bonchev–Trinajstić information content (AvgIpc) is 2.54. The van der Waals surface area contributed by atoms with E-state index in [0.29, 0.717) is 17.0 Å². The van der Waals surface area contributed by atoms with Crippen LogP contribution in [0.1, 0.15) is 21.5 Å². The van der Waals surface area contributed by atoms with Crippen LogP contribution in [-0.2, 0) is 16.0 Å². The lowest BCUT2D eigenvalue weighted by molar-refractivity contribution is -0.115. The van der Waals surface area contributed by atoms with E-state index in [1.165, 1.54) is 7.11 Å². The maximum atomic E-state index is 12.3. The zero-order chi connectivity index (χ0) is 16.8. The Labute approximate surface area is 135 Å². The molecule has 0 aliphatic heterocycles. The van der Waals surface area contributed by atoms with Crippen LogP contribution in [0.15, 0.2) is 42.5 Å². The Bertz CT molecular complexity index is 725. The number of nitrogens with one attached hydrogen (secondary N) is 1. The molecule has 0 heterocycles. The summed E-state index contributed by atoms with van der Waals surface area (Å²) >= 11 is 0. The first kappa shape index (κ1) is 16.5. The van der Waals surface area contributed by atoms with Crippen molar-refractivity contribution in [3.63, 3.8) is 0 Å². The fourth-order valence-electron chi connectivity index (χ4n) is 2.31. The quantitative estimate of drug-likeness (QED) is 0.862. The van der Waals surface area contributed by atoms with Crippen LogP contribution in [0.25, 0.3) is 0 Å². The largest absolute Gasteiger partial charge is 0.497 e. The van der Waals surface area contributed by atoms with Crippen molar-refractivity contribution >= 4 is 17.6 Å². The maximum Gasteiger partial charge on any atom is 0.340 e. The summed E-state index contributed by atoms with van der Waals surface area (Å²) in [5, 5.41) is 2.77. The number of amides is 1. The van der Waals surface area contributed by atoms with Gasteiger partial charge in [0.15, 0.2) is 0 Å². The molecule has 0 unspecified atom stereocenters. The minimum Gasteiger partial charge on any atom is -0.497 e. The van der Waals surface area contributed by atoms with Gasteiger partial charge in [0, 0.05) is 0 Å². The van der Waals surface area contributed by atoms with Gasteiger partial charge >= 0.3 is 5.97 Å². The molecule has 1 amide bonds. The summed E-state index contributed by atoms with van der Waals surface area (Å²) in [6, 6.07) is 12.6. The predicted molar refractivity (Wildman–Crippen MR) is 87.8 cm³/mol. The minimum absolute atomic E-state index is 0.186. The molecule has 2 aromatic carbocycles. The van der Waals surface area contributed by atoms with Crippen molar-refractivity contribution in [1.82, 2.24) is 0 Å². The fraction of sp³-hybridized carbons (Fsp3) is 0.222. The van der Waals surface area contributed by atoms with Crippen molar-refractivity contribution in [3.05, 3.63) is 59.2 Å². The highest BCUT2D eigenvalue weighted by Gasteiger charge is 2.16. The number of carbonyl (C=O) groups is 2. The molecule has 0 atom stereocenters. The highest BCUT2D eigenvalue weighted by molar-refractivity contribution is 6.02. The zero-order valence-corrected chi connectivity index (χ0v) is 13.4. The van der Waals surface area contributed by atoms with Crippen molar-refractivity contribution in [2.75, 3.05) is 19.5 Å². The fourth-order valence-corrected chi connectivity index (χ4v) is 2.31. The molecule has 0 spiro atoms. The smallest absolute Gasteiger partial charge is 0.340 e. The third-order valence-electron chi connectivity index (χ3n) is 3.44. The van der Waals surface area contributed by atoms with Crippen LogP contribution >= 0.6 is 0 Å². The van der Waals surface area contributed by atoms with E-state index < -0.39 is 5.97 Å².